The summed E-state index contributed by atoms with van der Waals surface area (Å²) in [6.45, 7) is 2.47. The van der Waals surface area contributed by atoms with Crippen molar-refractivity contribution in [3.05, 3.63) is 0 Å². The zero-order chi connectivity index (χ0) is 57.5. The first-order valence-corrected chi connectivity index (χ1v) is 28.0. The normalized spacial score (nSPS) is 13.0. The van der Waals surface area contributed by atoms with Gasteiger partial charge in [-0.15, -0.1) is 0 Å². The van der Waals surface area contributed by atoms with Gasteiger partial charge in [0.2, 0.25) is 41.4 Å². The number of carboxylic acid groups (broad SMARTS) is 3. The maximum Gasteiger partial charge on any atom is 0.326 e. The van der Waals surface area contributed by atoms with Crippen molar-refractivity contribution in [2.24, 2.45) is 5.73 Å². The standard InChI is InChI=1S/C50H89IN8O18/c1-36(60)46(47(52)68)58-48(69)37(59-51)18-16-17-25-53-43(64)34-76-32-31-75-29-27-55-44(65)35-77-33-30-74-28-26-54-40(61)23-21-38(49(70)71)57-42(63)24-22-39(50(72)73)56-41(62)19-14-12-10-8-6-4-2-3-5-7-9-11-13-15-20-45(66)67/h36-39,46,59-60H,2-35H2,1H3,(H2,52,68)(H,53,64)(H,54,61)(H,55,65)(H,56,62)(H,57,63)(H,58,69)(H,66,67)(H,70,71)(H,72,73). The fraction of sp³-hybridized carbons (Fsp3) is 0.800. The minimum Gasteiger partial charge on any atom is -0.481 e. The first-order valence-electron chi connectivity index (χ1n) is 26.9. The lowest BCUT2D eigenvalue weighted by atomic mass is 10.0. The number of ether oxygens (including phenoxy) is 4. The smallest absolute Gasteiger partial charge is 0.326 e. The molecule has 0 aromatic carbocycles. The van der Waals surface area contributed by atoms with Crippen LogP contribution in [0.2, 0.25) is 0 Å². The Hall–Kier alpha value is -4.81. The van der Waals surface area contributed by atoms with E-state index in [-0.39, 0.29) is 116 Å². The average molecular weight is 1220 g/mol. The molecule has 0 radical (unpaired) electrons. The second kappa shape index (κ2) is 48.3. The highest BCUT2D eigenvalue weighted by molar-refractivity contribution is 14.1. The van der Waals surface area contributed by atoms with Crippen LogP contribution in [-0.2, 0) is 66.9 Å². The van der Waals surface area contributed by atoms with E-state index in [0.29, 0.717) is 32.2 Å². The number of aliphatic hydroxyl groups excluding tert-OH is 1. The molecule has 0 fully saturated rings. The monoisotopic (exact) mass is 1220 g/mol. The number of rotatable bonds is 53. The van der Waals surface area contributed by atoms with Crippen LogP contribution in [0.4, 0.5) is 0 Å². The Bertz CT molecular complexity index is 1720. The molecule has 5 atom stereocenters. The van der Waals surface area contributed by atoms with Crippen molar-refractivity contribution < 1.29 is 87.3 Å². The molecule has 0 saturated heterocycles. The van der Waals surface area contributed by atoms with E-state index in [0.717, 1.165) is 57.8 Å². The Morgan fingerprint density at radius 2 is 0.844 bits per heavy atom. The largest absolute Gasteiger partial charge is 0.481 e. The maximum absolute atomic E-state index is 12.5. The van der Waals surface area contributed by atoms with Crippen LogP contribution in [-0.4, -0.2) is 182 Å². The number of carbonyl (C=O) groups excluding carboxylic acids is 7. The highest BCUT2D eigenvalue weighted by Gasteiger charge is 2.27. The Kier molecular flexibility index (Phi) is 45.3. The number of halogens is 1. The average Bonchev–Trinajstić information content (AvgIpc) is 3.37. The molecule has 0 bridgehead atoms. The number of primary amides is 1. The van der Waals surface area contributed by atoms with Gasteiger partial charge < -0.3 is 77.0 Å². The lowest BCUT2D eigenvalue weighted by Gasteiger charge is -2.21. The van der Waals surface area contributed by atoms with E-state index in [1.54, 1.807) is 0 Å². The van der Waals surface area contributed by atoms with Gasteiger partial charge >= 0.3 is 17.9 Å². The van der Waals surface area contributed by atoms with Crippen LogP contribution in [0.25, 0.3) is 0 Å². The van der Waals surface area contributed by atoms with Crippen molar-refractivity contribution in [3.63, 3.8) is 0 Å². The lowest BCUT2D eigenvalue weighted by molar-refractivity contribution is -0.143. The summed E-state index contributed by atoms with van der Waals surface area (Å²) in [6.07, 6.45) is 14.2. The van der Waals surface area contributed by atoms with E-state index in [9.17, 15) is 63.3 Å². The number of nitrogens with one attached hydrogen (secondary N) is 7. The van der Waals surface area contributed by atoms with Crippen molar-refractivity contribution in [1.29, 1.82) is 0 Å². The molecule has 0 saturated carbocycles. The van der Waals surface area contributed by atoms with Crippen LogP contribution in [0, 0.1) is 0 Å². The van der Waals surface area contributed by atoms with Crippen molar-refractivity contribution >= 4 is 82.1 Å². The molecule has 0 aliphatic rings. The molecule has 26 nitrogen and oxygen atoms in total. The van der Waals surface area contributed by atoms with Crippen molar-refractivity contribution in [3.8, 4) is 0 Å². The number of hydrogen-bond acceptors (Lipinski definition) is 16. The van der Waals surface area contributed by atoms with Crippen LogP contribution >= 0.6 is 22.9 Å². The second-order valence-corrected chi connectivity index (χ2v) is 19.1. The predicted molar refractivity (Wildman–Crippen MR) is 289 cm³/mol. The molecule has 0 heterocycles. The zero-order valence-electron chi connectivity index (χ0n) is 44.9. The molecule has 0 aromatic rings. The number of aliphatic carboxylic acids is 3. The second-order valence-electron chi connectivity index (χ2n) is 18.5. The quantitative estimate of drug-likeness (QED) is 0.0232. The molecule has 0 spiro atoms. The Labute approximate surface area is 466 Å². The van der Waals surface area contributed by atoms with Gasteiger partial charge in [-0.2, -0.15) is 0 Å². The molecule has 0 aliphatic heterocycles. The summed E-state index contributed by atoms with van der Waals surface area (Å²) in [7, 11) is 0. The molecular weight excluding hydrogens is 1130 g/mol. The molecule has 27 heteroatoms. The minimum atomic E-state index is -1.40. The third-order valence-electron chi connectivity index (χ3n) is 11.8. The van der Waals surface area contributed by atoms with E-state index < -0.39 is 77.7 Å². The number of carboxylic acids is 3. The number of carbonyl (C=O) groups is 10. The Morgan fingerprint density at radius 3 is 1.27 bits per heavy atom. The fourth-order valence-electron chi connectivity index (χ4n) is 7.39. The van der Waals surface area contributed by atoms with Crippen LogP contribution in [0.1, 0.15) is 155 Å². The van der Waals surface area contributed by atoms with E-state index >= 15 is 0 Å². The van der Waals surface area contributed by atoms with Crippen molar-refractivity contribution in [1.82, 2.24) is 35.4 Å². The van der Waals surface area contributed by atoms with Gasteiger partial charge in [-0.1, -0.05) is 77.0 Å². The molecule has 7 amide bonds. The van der Waals surface area contributed by atoms with Crippen LogP contribution < -0.4 is 41.2 Å². The Morgan fingerprint density at radius 1 is 0.442 bits per heavy atom. The lowest BCUT2D eigenvalue weighted by Crippen LogP contribution is -2.54. The third-order valence-corrected chi connectivity index (χ3v) is 12.5. The summed E-state index contributed by atoms with van der Waals surface area (Å²) in [5.41, 5.74) is 5.22. The van der Waals surface area contributed by atoms with E-state index in [1.165, 1.54) is 32.6 Å². The van der Waals surface area contributed by atoms with Crippen molar-refractivity contribution in [2.45, 2.75) is 185 Å². The molecule has 0 rings (SSSR count). The molecule has 0 aromatic heterocycles. The number of hydrogen-bond donors (Lipinski definition) is 12. The van der Waals surface area contributed by atoms with Gasteiger partial charge in [0.1, 0.15) is 31.3 Å². The SMILES string of the molecule is CC(O)C(NC(=O)C(CCCCNC(=O)COCCOCCNC(=O)COCCOCCNC(=O)CCC(NC(=O)CCC(NC(=O)CCCCCCCCCCCCCCCCC(=O)O)C(=O)O)C(=O)O)NI)C(N)=O. The first kappa shape index (κ1) is 72.2. The van der Waals surface area contributed by atoms with Gasteiger partial charge in [-0.3, -0.25) is 38.4 Å². The highest BCUT2D eigenvalue weighted by Crippen LogP contribution is 2.14. The topological polar surface area (TPSA) is 399 Å². The van der Waals surface area contributed by atoms with Crippen LogP contribution in [0.15, 0.2) is 0 Å². The predicted octanol–water partition coefficient (Wildman–Crippen LogP) is 1.26. The first-order chi connectivity index (χ1) is 36.9. The zero-order valence-corrected chi connectivity index (χ0v) is 47.0. The van der Waals surface area contributed by atoms with E-state index in [1.807, 2.05) is 22.9 Å². The summed E-state index contributed by atoms with van der Waals surface area (Å²) >= 11 is 1.82. The van der Waals surface area contributed by atoms with Crippen LogP contribution in [0.5, 0.6) is 0 Å². The molecule has 13 N–H and O–H groups in total. The summed E-state index contributed by atoms with van der Waals surface area (Å²) in [4.78, 5) is 119. The van der Waals surface area contributed by atoms with Gasteiger partial charge in [0.25, 0.3) is 0 Å². The fourth-order valence-corrected chi connectivity index (χ4v) is 7.98. The molecule has 5 unspecified atom stereocenters. The van der Waals surface area contributed by atoms with Gasteiger partial charge in [0.05, 0.1) is 51.8 Å². The maximum atomic E-state index is 12.5. The number of amides is 7. The summed E-state index contributed by atoms with van der Waals surface area (Å²) in [6, 6.07) is -4.56. The number of nitrogens with two attached hydrogens (primary N) is 1. The molecule has 444 valence electrons. The summed E-state index contributed by atoms with van der Waals surface area (Å²) in [5, 5.41) is 52.6. The molecule has 0 aliphatic carbocycles. The Balaban J connectivity index is 3.95. The van der Waals surface area contributed by atoms with E-state index in [4.69, 9.17) is 29.8 Å². The van der Waals surface area contributed by atoms with Gasteiger partial charge in [-0.05, 0) is 51.9 Å². The molecule has 77 heavy (non-hydrogen) atoms. The third kappa shape index (κ3) is 43.8. The van der Waals surface area contributed by atoms with Crippen molar-refractivity contribution in [2.75, 3.05) is 72.5 Å². The number of aliphatic hydroxyl groups is 1. The van der Waals surface area contributed by atoms with Gasteiger partial charge in [0, 0.05) is 68.2 Å². The minimum absolute atomic E-state index is 0.0921. The van der Waals surface area contributed by atoms with E-state index in [2.05, 4.69) is 35.4 Å². The summed E-state index contributed by atoms with van der Waals surface area (Å²) < 4.78 is 24.1. The van der Waals surface area contributed by atoms with Gasteiger partial charge in [0.15, 0.2) is 0 Å². The molecular formula is C50H89IN8O18. The highest BCUT2D eigenvalue weighted by atomic mass is 127. The van der Waals surface area contributed by atoms with Gasteiger partial charge in [-0.25, -0.2) is 13.1 Å². The summed E-state index contributed by atoms with van der Waals surface area (Å²) in [5.74, 6) is -7.11. The number of unbranched alkanes of at least 4 members (excludes halogenated alkanes) is 14. The van der Waals surface area contributed by atoms with Crippen LogP contribution in [0.3, 0.4) is 0 Å².